The fourth-order valence-electron chi connectivity index (χ4n) is 2.98. The number of ether oxygens (including phenoxy) is 1. The maximum absolute atomic E-state index is 12.9. The number of fused-ring (bicyclic) bond motifs is 1. The van der Waals surface area contributed by atoms with Crippen molar-refractivity contribution in [1.29, 1.82) is 0 Å². The number of sulfonamides is 1. The van der Waals surface area contributed by atoms with Gasteiger partial charge in [0.25, 0.3) is 0 Å². The van der Waals surface area contributed by atoms with Crippen LogP contribution in [0.4, 0.5) is 0 Å². The van der Waals surface area contributed by atoms with E-state index in [1.54, 1.807) is 19.2 Å². The molecule has 0 atom stereocenters. The van der Waals surface area contributed by atoms with Crippen LogP contribution in [0.15, 0.2) is 77.7 Å². The second kappa shape index (κ2) is 7.46. The third-order valence-electron chi connectivity index (χ3n) is 4.42. The topological polar surface area (TPSA) is 84.1 Å². The van der Waals surface area contributed by atoms with E-state index in [1.807, 2.05) is 60.7 Å². The molecule has 0 aliphatic carbocycles. The number of benzene rings is 3. The first-order chi connectivity index (χ1) is 13.6. The minimum atomic E-state index is -3.72. The van der Waals surface area contributed by atoms with E-state index >= 15 is 0 Å². The Morgan fingerprint density at radius 2 is 1.79 bits per heavy atom. The molecule has 3 aromatic carbocycles. The molecule has 0 bridgehead atoms. The normalized spacial score (nSPS) is 11.6. The van der Waals surface area contributed by atoms with Crippen LogP contribution in [0.1, 0.15) is 5.56 Å². The van der Waals surface area contributed by atoms with E-state index in [9.17, 15) is 8.42 Å². The zero-order valence-corrected chi connectivity index (χ0v) is 16.0. The lowest BCUT2D eigenvalue weighted by Gasteiger charge is -2.07. The highest BCUT2D eigenvalue weighted by molar-refractivity contribution is 7.89. The molecule has 4 rings (SSSR count). The zero-order valence-electron chi connectivity index (χ0n) is 15.2. The van der Waals surface area contributed by atoms with Crippen LogP contribution in [-0.4, -0.2) is 25.5 Å². The van der Waals surface area contributed by atoms with Crippen LogP contribution in [-0.2, 0) is 16.6 Å². The first-order valence-corrected chi connectivity index (χ1v) is 10.2. The molecule has 2 N–H and O–H groups in total. The van der Waals surface area contributed by atoms with E-state index in [-0.39, 0.29) is 11.4 Å². The third kappa shape index (κ3) is 3.62. The SMILES string of the molecule is COc1cccc(-c2nc3c(S(=O)(=O)NCc4ccccc4)cccc3[nH]2)c1. The van der Waals surface area contributed by atoms with E-state index in [0.717, 1.165) is 11.1 Å². The lowest BCUT2D eigenvalue weighted by molar-refractivity contribution is 0.415. The molecule has 28 heavy (non-hydrogen) atoms. The van der Waals surface area contributed by atoms with Gasteiger partial charge in [0.15, 0.2) is 0 Å². The van der Waals surface area contributed by atoms with Crippen LogP contribution >= 0.6 is 0 Å². The number of imidazole rings is 1. The number of aromatic amines is 1. The van der Waals surface area contributed by atoms with Crippen molar-refractivity contribution in [3.8, 4) is 17.1 Å². The smallest absolute Gasteiger partial charge is 0.243 e. The fraction of sp³-hybridized carbons (Fsp3) is 0.0952. The molecule has 0 unspecified atom stereocenters. The average Bonchev–Trinajstić information content (AvgIpc) is 3.17. The number of hydrogen-bond donors (Lipinski definition) is 2. The predicted octanol–water partition coefficient (Wildman–Crippen LogP) is 3.72. The number of hydrogen-bond acceptors (Lipinski definition) is 4. The van der Waals surface area contributed by atoms with Crippen LogP contribution in [0.3, 0.4) is 0 Å². The van der Waals surface area contributed by atoms with E-state index in [1.165, 1.54) is 0 Å². The van der Waals surface area contributed by atoms with Crippen LogP contribution in [0.5, 0.6) is 5.75 Å². The Morgan fingerprint density at radius 3 is 2.57 bits per heavy atom. The van der Waals surface area contributed by atoms with Crippen molar-refractivity contribution in [2.24, 2.45) is 0 Å². The zero-order chi connectivity index (χ0) is 19.6. The highest BCUT2D eigenvalue weighted by atomic mass is 32.2. The second-order valence-corrected chi connectivity index (χ2v) is 8.02. The van der Waals surface area contributed by atoms with Crippen molar-refractivity contribution in [3.63, 3.8) is 0 Å². The molecule has 142 valence electrons. The van der Waals surface area contributed by atoms with Crippen LogP contribution in [0.25, 0.3) is 22.4 Å². The van der Waals surface area contributed by atoms with Gasteiger partial charge in [-0.3, -0.25) is 0 Å². The molecule has 0 radical (unpaired) electrons. The van der Waals surface area contributed by atoms with Gasteiger partial charge in [0, 0.05) is 12.1 Å². The summed E-state index contributed by atoms with van der Waals surface area (Å²) in [5.74, 6) is 1.29. The van der Waals surface area contributed by atoms with Gasteiger partial charge in [-0.05, 0) is 29.8 Å². The molecule has 7 heteroatoms. The van der Waals surface area contributed by atoms with E-state index in [2.05, 4.69) is 14.7 Å². The number of nitrogens with zero attached hydrogens (tertiary/aromatic N) is 1. The summed E-state index contributed by atoms with van der Waals surface area (Å²) in [4.78, 5) is 7.88. The summed E-state index contributed by atoms with van der Waals surface area (Å²) in [6.07, 6.45) is 0. The minimum Gasteiger partial charge on any atom is -0.497 e. The summed E-state index contributed by atoms with van der Waals surface area (Å²) in [5.41, 5.74) is 2.76. The number of nitrogens with one attached hydrogen (secondary N) is 2. The number of aromatic nitrogens is 2. The average molecular weight is 393 g/mol. The van der Waals surface area contributed by atoms with Gasteiger partial charge in [-0.2, -0.15) is 0 Å². The lowest BCUT2D eigenvalue weighted by Crippen LogP contribution is -2.23. The predicted molar refractivity (Wildman–Crippen MR) is 109 cm³/mol. The van der Waals surface area contributed by atoms with Crippen LogP contribution in [0.2, 0.25) is 0 Å². The van der Waals surface area contributed by atoms with Crippen molar-refractivity contribution < 1.29 is 13.2 Å². The molecule has 0 saturated carbocycles. The molecule has 0 fully saturated rings. The Hall–Kier alpha value is -3.16. The van der Waals surface area contributed by atoms with Crippen molar-refractivity contribution in [2.75, 3.05) is 7.11 Å². The second-order valence-electron chi connectivity index (χ2n) is 6.28. The van der Waals surface area contributed by atoms with Crippen molar-refractivity contribution >= 4 is 21.1 Å². The Bertz CT molecular complexity index is 1220. The summed E-state index contributed by atoms with van der Waals surface area (Å²) < 4.78 is 33.7. The van der Waals surface area contributed by atoms with Crippen molar-refractivity contribution in [1.82, 2.24) is 14.7 Å². The Kier molecular flexibility index (Phi) is 4.85. The standard InChI is InChI=1S/C21H19N3O3S/c1-27-17-10-5-9-16(13-17)21-23-18-11-6-12-19(20(18)24-21)28(25,26)22-14-15-7-3-2-4-8-15/h2-13,22H,14H2,1H3,(H,23,24). The van der Waals surface area contributed by atoms with Gasteiger partial charge in [-0.25, -0.2) is 18.1 Å². The fourth-order valence-corrected chi connectivity index (χ4v) is 4.16. The Morgan fingerprint density at radius 1 is 1.00 bits per heavy atom. The van der Waals surface area contributed by atoms with E-state index in [0.29, 0.717) is 22.6 Å². The summed E-state index contributed by atoms with van der Waals surface area (Å²) in [6, 6.07) is 21.9. The molecule has 6 nitrogen and oxygen atoms in total. The minimum absolute atomic E-state index is 0.145. The molecular formula is C21H19N3O3S. The number of rotatable bonds is 6. The van der Waals surface area contributed by atoms with Gasteiger partial charge in [0.05, 0.1) is 12.6 Å². The van der Waals surface area contributed by atoms with Crippen molar-refractivity contribution in [3.05, 3.63) is 78.4 Å². The highest BCUT2D eigenvalue weighted by Gasteiger charge is 2.20. The maximum Gasteiger partial charge on any atom is 0.243 e. The van der Waals surface area contributed by atoms with Crippen LogP contribution in [0, 0.1) is 0 Å². The maximum atomic E-state index is 12.9. The largest absolute Gasteiger partial charge is 0.497 e. The Balaban J connectivity index is 1.70. The first kappa shape index (κ1) is 18.2. The lowest BCUT2D eigenvalue weighted by atomic mass is 10.2. The van der Waals surface area contributed by atoms with Crippen molar-refractivity contribution in [2.45, 2.75) is 11.4 Å². The monoisotopic (exact) mass is 393 g/mol. The highest BCUT2D eigenvalue weighted by Crippen LogP contribution is 2.27. The van der Waals surface area contributed by atoms with Crippen LogP contribution < -0.4 is 9.46 Å². The summed E-state index contributed by atoms with van der Waals surface area (Å²) in [6.45, 7) is 0.215. The molecule has 0 saturated heterocycles. The molecule has 0 aliphatic rings. The molecule has 4 aromatic rings. The van der Waals surface area contributed by atoms with Gasteiger partial charge in [0.1, 0.15) is 22.0 Å². The van der Waals surface area contributed by atoms with Gasteiger partial charge in [0.2, 0.25) is 10.0 Å². The third-order valence-corrected chi connectivity index (χ3v) is 5.85. The number of para-hydroxylation sites is 1. The summed E-state index contributed by atoms with van der Waals surface area (Å²) in [7, 11) is -2.13. The molecule has 0 amide bonds. The summed E-state index contributed by atoms with van der Waals surface area (Å²) in [5, 5.41) is 0. The Labute approximate surface area is 163 Å². The van der Waals surface area contributed by atoms with E-state index < -0.39 is 10.0 Å². The number of H-pyrrole nitrogens is 1. The van der Waals surface area contributed by atoms with Gasteiger partial charge < -0.3 is 9.72 Å². The summed E-state index contributed by atoms with van der Waals surface area (Å²) >= 11 is 0. The molecule has 0 aliphatic heterocycles. The molecule has 0 spiro atoms. The quantitative estimate of drug-likeness (QED) is 0.523. The molecule has 1 aromatic heterocycles. The van der Waals surface area contributed by atoms with Gasteiger partial charge in [-0.1, -0.05) is 48.5 Å². The molecular weight excluding hydrogens is 374 g/mol. The van der Waals surface area contributed by atoms with Gasteiger partial charge in [-0.15, -0.1) is 0 Å². The number of methoxy groups -OCH3 is 1. The molecule has 1 heterocycles. The first-order valence-electron chi connectivity index (χ1n) is 8.73. The van der Waals surface area contributed by atoms with E-state index in [4.69, 9.17) is 4.74 Å². The van der Waals surface area contributed by atoms with Gasteiger partial charge >= 0.3 is 0 Å².